The quantitative estimate of drug-likeness (QED) is 0.863. The minimum Gasteiger partial charge on any atom is -0.315 e. The number of aryl methyl sites for hydroxylation is 3. The zero-order valence-electron chi connectivity index (χ0n) is 13.7. The summed E-state index contributed by atoms with van der Waals surface area (Å²) in [7, 11) is -3.41. The Hall–Kier alpha value is -1.73. The van der Waals surface area contributed by atoms with Crippen molar-refractivity contribution in [1.29, 1.82) is 0 Å². The van der Waals surface area contributed by atoms with Crippen LogP contribution in [0, 0.1) is 20.8 Å². The Kier molecular flexibility index (Phi) is 4.25. The lowest BCUT2D eigenvalue weighted by atomic mass is 10.1. The van der Waals surface area contributed by atoms with Crippen molar-refractivity contribution in [3.63, 3.8) is 0 Å². The number of hydrogen-bond acceptors (Lipinski definition) is 4. The Balaban J connectivity index is 1.76. The Labute approximate surface area is 137 Å². The summed E-state index contributed by atoms with van der Waals surface area (Å²) in [5.41, 5.74) is 2.10. The number of aromatic nitrogens is 3. The van der Waals surface area contributed by atoms with Crippen molar-refractivity contribution >= 4 is 10.0 Å². The van der Waals surface area contributed by atoms with Crippen LogP contribution in [-0.2, 0) is 10.0 Å². The molecule has 6 nitrogen and oxygen atoms in total. The van der Waals surface area contributed by atoms with Crippen LogP contribution in [0.4, 0.5) is 0 Å². The van der Waals surface area contributed by atoms with Gasteiger partial charge in [-0.05, 0) is 56.9 Å². The second-order valence-corrected chi connectivity index (χ2v) is 8.10. The van der Waals surface area contributed by atoms with Gasteiger partial charge in [0.2, 0.25) is 10.0 Å². The summed E-state index contributed by atoms with van der Waals surface area (Å²) in [6.07, 6.45) is 3.29. The fraction of sp³-hybridized carbons (Fsp3) is 0.500. The van der Waals surface area contributed by atoms with Gasteiger partial charge in [0.25, 0.3) is 0 Å². The molecular formula is C16H22N4O2S. The van der Waals surface area contributed by atoms with Gasteiger partial charge in [0, 0.05) is 19.1 Å². The van der Waals surface area contributed by atoms with Gasteiger partial charge in [-0.15, -0.1) is 10.2 Å². The Morgan fingerprint density at radius 1 is 1.09 bits per heavy atom. The molecule has 1 aliphatic rings. The summed E-state index contributed by atoms with van der Waals surface area (Å²) >= 11 is 0. The molecule has 7 heteroatoms. The third kappa shape index (κ3) is 3.03. The number of nitrogens with zero attached hydrogens (tertiary/aromatic N) is 4. The molecule has 2 heterocycles. The molecule has 0 amide bonds. The van der Waals surface area contributed by atoms with E-state index in [2.05, 4.69) is 10.2 Å². The number of sulfonamides is 1. The molecule has 1 aromatic heterocycles. The Morgan fingerprint density at radius 2 is 1.78 bits per heavy atom. The van der Waals surface area contributed by atoms with Crippen LogP contribution in [0.15, 0.2) is 29.4 Å². The number of benzene rings is 1. The maximum Gasteiger partial charge on any atom is 0.243 e. The van der Waals surface area contributed by atoms with Crippen LogP contribution in [0.3, 0.4) is 0 Å². The van der Waals surface area contributed by atoms with Gasteiger partial charge in [-0.2, -0.15) is 4.31 Å². The van der Waals surface area contributed by atoms with Crippen molar-refractivity contribution in [2.24, 2.45) is 0 Å². The second-order valence-electron chi connectivity index (χ2n) is 6.17. The van der Waals surface area contributed by atoms with Crippen molar-refractivity contribution < 1.29 is 8.42 Å². The van der Waals surface area contributed by atoms with Gasteiger partial charge in [-0.3, -0.25) is 0 Å². The number of hydrogen-bond donors (Lipinski definition) is 0. The highest BCUT2D eigenvalue weighted by Crippen LogP contribution is 2.27. The molecule has 0 spiro atoms. The lowest BCUT2D eigenvalue weighted by molar-refractivity contribution is 0.271. The zero-order chi connectivity index (χ0) is 16.6. The van der Waals surface area contributed by atoms with E-state index < -0.39 is 10.0 Å². The van der Waals surface area contributed by atoms with E-state index in [-0.39, 0.29) is 6.04 Å². The van der Waals surface area contributed by atoms with Crippen molar-refractivity contribution in [3.05, 3.63) is 41.5 Å². The lowest BCUT2D eigenvalue weighted by Gasteiger charge is -2.32. The van der Waals surface area contributed by atoms with E-state index in [0.29, 0.717) is 18.0 Å². The predicted molar refractivity (Wildman–Crippen MR) is 87.7 cm³/mol. The Morgan fingerprint density at radius 3 is 2.35 bits per heavy atom. The van der Waals surface area contributed by atoms with Crippen LogP contribution in [-0.4, -0.2) is 40.6 Å². The zero-order valence-corrected chi connectivity index (χ0v) is 14.5. The van der Waals surface area contributed by atoms with E-state index in [0.717, 1.165) is 29.8 Å². The molecule has 0 unspecified atom stereocenters. The third-order valence-electron chi connectivity index (χ3n) is 4.69. The third-order valence-corrected chi connectivity index (χ3v) is 6.58. The largest absolute Gasteiger partial charge is 0.315 e. The van der Waals surface area contributed by atoms with E-state index in [1.54, 1.807) is 22.8 Å². The second kappa shape index (κ2) is 6.05. The molecular weight excluding hydrogens is 312 g/mol. The van der Waals surface area contributed by atoms with Gasteiger partial charge in [0.1, 0.15) is 12.2 Å². The molecule has 0 aliphatic carbocycles. The van der Waals surface area contributed by atoms with Crippen LogP contribution in [0.5, 0.6) is 0 Å². The lowest BCUT2D eigenvalue weighted by Crippen LogP contribution is -2.39. The fourth-order valence-electron chi connectivity index (χ4n) is 3.04. The monoisotopic (exact) mass is 334 g/mol. The molecule has 1 aromatic carbocycles. The predicted octanol–water partition coefficient (Wildman–Crippen LogP) is 2.23. The normalized spacial score (nSPS) is 17.5. The summed E-state index contributed by atoms with van der Waals surface area (Å²) in [4.78, 5) is 0.388. The molecule has 0 N–H and O–H groups in total. The van der Waals surface area contributed by atoms with Crippen molar-refractivity contribution in [1.82, 2.24) is 19.1 Å². The van der Waals surface area contributed by atoms with Crippen LogP contribution in [0.1, 0.15) is 35.8 Å². The van der Waals surface area contributed by atoms with Gasteiger partial charge in [-0.25, -0.2) is 8.42 Å². The molecule has 23 heavy (non-hydrogen) atoms. The molecule has 0 saturated carbocycles. The maximum atomic E-state index is 12.8. The minimum absolute atomic E-state index is 0.274. The molecule has 1 fully saturated rings. The standard InChI is InChI=1S/C16H22N4O2S/c1-12-4-5-16(10-13(12)2)23(21,22)19-8-6-15(7-9-19)20-11-17-18-14(20)3/h4-5,10-11,15H,6-9H2,1-3H3. The SMILES string of the molecule is Cc1ccc(S(=O)(=O)N2CCC(n3cnnc3C)CC2)cc1C. The average Bonchev–Trinajstić information content (AvgIpc) is 2.96. The van der Waals surface area contributed by atoms with Gasteiger partial charge in [0.05, 0.1) is 4.90 Å². The fourth-order valence-corrected chi connectivity index (χ4v) is 4.60. The molecule has 1 saturated heterocycles. The van der Waals surface area contributed by atoms with E-state index in [9.17, 15) is 8.42 Å². The first-order valence-electron chi connectivity index (χ1n) is 7.83. The van der Waals surface area contributed by atoms with E-state index in [4.69, 9.17) is 0 Å². The van der Waals surface area contributed by atoms with Crippen molar-refractivity contribution in [3.8, 4) is 0 Å². The minimum atomic E-state index is -3.41. The topological polar surface area (TPSA) is 68.1 Å². The summed E-state index contributed by atoms with van der Waals surface area (Å²) in [5.74, 6) is 0.875. The van der Waals surface area contributed by atoms with Gasteiger partial charge < -0.3 is 4.57 Å². The summed E-state index contributed by atoms with van der Waals surface area (Å²) in [6.45, 7) is 6.90. The summed E-state index contributed by atoms with van der Waals surface area (Å²) in [6, 6.07) is 5.61. The van der Waals surface area contributed by atoms with E-state index in [1.807, 2.05) is 31.4 Å². The summed E-state index contributed by atoms with van der Waals surface area (Å²) in [5, 5.41) is 7.92. The van der Waals surface area contributed by atoms with Crippen LogP contribution >= 0.6 is 0 Å². The smallest absolute Gasteiger partial charge is 0.243 e. The molecule has 2 aromatic rings. The first kappa shape index (κ1) is 16.1. The molecule has 0 radical (unpaired) electrons. The first-order chi connectivity index (χ1) is 10.9. The van der Waals surface area contributed by atoms with E-state index >= 15 is 0 Å². The summed E-state index contributed by atoms with van der Waals surface area (Å²) < 4.78 is 29.2. The van der Waals surface area contributed by atoms with Crippen LogP contribution in [0.25, 0.3) is 0 Å². The average molecular weight is 334 g/mol. The highest BCUT2D eigenvalue weighted by Gasteiger charge is 2.30. The van der Waals surface area contributed by atoms with Gasteiger partial charge in [-0.1, -0.05) is 6.07 Å². The van der Waals surface area contributed by atoms with Crippen LogP contribution < -0.4 is 0 Å². The molecule has 0 atom stereocenters. The maximum absolute atomic E-state index is 12.8. The Bertz CT molecular complexity index is 805. The highest BCUT2D eigenvalue weighted by molar-refractivity contribution is 7.89. The van der Waals surface area contributed by atoms with E-state index in [1.165, 1.54) is 0 Å². The first-order valence-corrected chi connectivity index (χ1v) is 9.27. The molecule has 124 valence electrons. The molecule has 3 rings (SSSR count). The van der Waals surface area contributed by atoms with Gasteiger partial charge >= 0.3 is 0 Å². The van der Waals surface area contributed by atoms with Crippen LogP contribution in [0.2, 0.25) is 0 Å². The van der Waals surface area contributed by atoms with Crippen molar-refractivity contribution in [2.75, 3.05) is 13.1 Å². The van der Waals surface area contributed by atoms with Crippen molar-refractivity contribution in [2.45, 2.75) is 44.6 Å². The van der Waals surface area contributed by atoms with Gasteiger partial charge in [0.15, 0.2) is 0 Å². The highest BCUT2D eigenvalue weighted by atomic mass is 32.2. The molecule has 0 bridgehead atoms. The molecule has 1 aliphatic heterocycles. The number of piperidine rings is 1. The number of rotatable bonds is 3.